The first-order valence-electron chi connectivity index (χ1n) is 5.84. The van der Waals surface area contributed by atoms with Crippen LogP contribution in [0.4, 0.5) is 23.8 Å². The number of urea groups is 1. The highest BCUT2D eigenvalue weighted by atomic mass is 19.4. The van der Waals surface area contributed by atoms with E-state index in [0.29, 0.717) is 5.92 Å². The highest BCUT2D eigenvalue weighted by Crippen LogP contribution is 2.38. The third-order valence-corrected chi connectivity index (χ3v) is 2.76. The monoisotopic (exact) mass is 274 g/mol. The summed E-state index contributed by atoms with van der Waals surface area (Å²) >= 11 is 0. The summed E-state index contributed by atoms with van der Waals surface area (Å²) in [6.07, 6.45) is -2.32. The molecule has 1 aromatic rings. The second kappa shape index (κ2) is 5.02. The van der Waals surface area contributed by atoms with Crippen molar-refractivity contribution in [2.75, 3.05) is 5.32 Å². The SMILES string of the molecule is CC(NC(=O)Nc1ccc(C2CC2)nn1)C(F)(F)F. The van der Waals surface area contributed by atoms with E-state index in [0.717, 1.165) is 25.5 Å². The Hall–Kier alpha value is -1.86. The fourth-order valence-electron chi connectivity index (χ4n) is 1.44. The molecule has 0 aromatic carbocycles. The van der Waals surface area contributed by atoms with Gasteiger partial charge in [0.05, 0.1) is 5.69 Å². The Balaban J connectivity index is 1.87. The molecule has 0 radical (unpaired) electrons. The van der Waals surface area contributed by atoms with Crippen molar-refractivity contribution < 1.29 is 18.0 Å². The molecule has 104 valence electrons. The number of anilines is 1. The third-order valence-electron chi connectivity index (χ3n) is 2.76. The molecule has 1 heterocycles. The Labute approximate surface area is 107 Å². The van der Waals surface area contributed by atoms with Crippen LogP contribution in [0.25, 0.3) is 0 Å². The lowest BCUT2D eigenvalue weighted by molar-refractivity contribution is -0.148. The number of nitrogens with one attached hydrogen (secondary N) is 2. The van der Waals surface area contributed by atoms with E-state index in [9.17, 15) is 18.0 Å². The van der Waals surface area contributed by atoms with Gasteiger partial charge in [0.15, 0.2) is 5.82 Å². The molecule has 1 fully saturated rings. The van der Waals surface area contributed by atoms with E-state index in [1.807, 2.05) is 0 Å². The Morgan fingerprint density at radius 1 is 1.37 bits per heavy atom. The van der Waals surface area contributed by atoms with Gasteiger partial charge in [0.25, 0.3) is 0 Å². The predicted octanol–water partition coefficient (Wildman–Crippen LogP) is 2.43. The van der Waals surface area contributed by atoms with Crippen LogP contribution in [0.5, 0.6) is 0 Å². The Morgan fingerprint density at radius 2 is 2.05 bits per heavy atom. The number of alkyl halides is 3. The van der Waals surface area contributed by atoms with E-state index < -0.39 is 18.2 Å². The van der Waals surface area contributed by atoms with Gasteiger partial charge in [0.1, 0.15) is 6.04 Å². The van der Waals surface area contributed by atoms with Crippen LogP contribution in [0.15, 0.2) is 12.1 Å². The maximum Gasteiger partial charge on any atom is 0.408 e. The van der Waals surface area contributed by atoms with Gasteiger partial charge >= 0.3 is 12.2 Å². The molecule has 1 saturated carbocycles. The molecule has 0 saturated heterocycles. The van der Waals surface area contributed by atoms with Crippen LogP contribution >= 0.6 is 0 Å². The summed E-state index contributed by atoms with van der Waals surface area (Å²) in [5, 5.41) is 11.6. The Kier molecular flexibility index (Phi) is 3.59. The summed E-state index contributed by atoms with van der Waals surface area (Å²) in [5.41, 5.74) is 0.842. The zero-order valence-electron chi connectivity index (χ0n) is 10.2. The van der Waals surface area contributed by atoms with Crippen molar-refractivity contribution in [3.05, 3.63) is 17.8 Å². The first-order valence-corrected chi connectivity index (χ1v) is 5.84. The van der Waals surface area contributed by atoms with E-state index in [1.54, 1.807) is 11.4 Å². The number of carbonyl (C=O) groups excluding carboxylic acids is 1. The molecule has 19 heavy (non-hydrogen) atoms. The average Bonchev–Trinajstić information content (AvgIpc) is 3.12. The predicted molar refractivity (Wildman–Crippen MR) is 61.7 cm³/mol. The van der Waals surface area contributed by atoms with Crippen LogP contribution in [0.2, 0.25) is 0 Å². The lowest BCUT2D eigenvalue weighted by Crippen LogP contribution is -2.45. The summed E-state index contributed by atoms with van der Waals surface area (Å²) in [6, 6.07) is 0.357. The first-order chi connectivity index (χ1) is 8.86. The fraction of sp³-hybridized carbons (Fsp3) is 0.545. The Bertz CT molecular complexity index is 456. The highest BCUT2D eigenvalue weighted by Gasteiger charge is 2.37. The lowest BCUT2D eigenvalue weighted by Gasteiger charge is -2.17. The first kappa shape index (κ1) is 13.6. The van der Waals surface area contributed by atoms with Gasteiger partial charge in [-0.3, -0.25) is 5.32 Å². The number of hydrogen-bond donors (Lipinski definition) is 2. The standard InChI is InChI=1S/C11H13F3N4O/c1-6(11(12,13)14)15-10(19)16-9-5-4-8(17-18-9)7-2-3-7/h4-7H,2-3H2,1H3,(H2,15,16,18,19). The molecule has 0 spiro atoms. The maximum absolute atomic E-state index is 12.2. The van der Waals surface area contributed by atoms with Crippen molar-refractivity contribution in [3.8, 4) is 0 Å². The number of hydrogen-bond acceptors (Lipinski definition) is 3. The van der Waals surface area contributed by atoms with E-state index in [4.69, 9.17) is 0 Å². The molecule has 2 rings (SSSR count). The van der Waals surface area contributed by atoms with Crippen molar-refractivity contribution in [1.82, 2.24) is 15.5 Å². The van der Waals surface area contributed by atoms with Crippen molar-refractivity contribution in [3.63, 3.8) is 0 Å². The molecule has 2 amide bonds. The van der Waals surface area contributed by atoms with Gasteiger partial charge in [-0.05, 0) is 31.9 Å². The molecule has 1 unspecified atom stereocenters. The molecule has 8 heteroatoms. The van der Waals surface area contributed by atoms with Gasteiger partial charge in [0, 0.05) is 5.92 Å². The zero-order valence-corrected chi connectivity index (χ0v) is 10.2. The molecule has 2 N–H and O–H groups in total. The van der Waals surface area contributed by atoms with Crippen LogP contribution in [-0.2, 0) is 0 Å². The molecular weight excluding hydrogens is 261 g/mol. The van der Waals surface area contributed by atoms with E-state index in [2.05, 4.69) is 15.5 Å². The molecule has 5 nitrogen and oxygen atoms in total. The molecule has 0 aliphatic heterocycles. The number of nitrogens with zero attached hydrogens (tertiary/aromatic N) is 2. The third kappa shape index (κ3) is 3.80. The van der Waals surface area contributed by atoms with Gasteiger partial charge in [-0.25, -0.2) is 4.79 Å². The minimum atomic E-state index is -4.47. The number of halogens is 3. The van der Waals surface area contributed by atoms with E-state index in [-0.39, 0.29) is 5.82 Å². The molecule has 1 aromatic heterocycles. The van der Waals surface area contributed by atoms with Crippen LogP contribution in [0.1, 0.15) is 31.4 Å². The van der Waals surface area contributed by atoms with E-state index >= 15 is 0 Å². The molecular formula is C11H13F3N4O. The largest absolute Gasteiger partial charge is 0.408 e. The number of aromatic nitrogens is 2. The molecule has 1 atom stereocenters. The fourth-order valence-corrected chi connectivity index (χ4v) is 1.44. The average molecular weight is 274 g/mol. The van der Waals surface area contributed by atoms with E-state index in [1.165, 1.54) is 6.07 Å². The summed E-state index contributed by atoms with van der Waals surface area (Å²) in [7, 11) is 0. The van der Waals surface area contributed by atoms with Gasteiger partial charge in [-0.1, -0.05) is 0 Å². The normalized spacial score (nSPS) is 16.8. The topological polar surface area (TPSA) is 66.9 Å². The van der Waals surface area contributed by atoms with Crippen LogP contribution in [-0.4, -0.2) is 28.4 Å². The summed E-state index contributed by atoms with van der Waals surface area (Å²) in [6.45, 7) is 0.863. The minimum absolute atomic E-state index is 0.122. The molecule has 0 bridgehead atoms. The van der Waals surface area contributed by atoms with Crippen molar-refractivity contribution in [1.29, 1.82) is 0 Å². The highest BCUT2D eigenvalue weighted by molar-refractivity contribution is 5.88. The van der Waals surface area contributed by atoms with Gasteiger partial charge in [0.2, 0.25) is 0 Å². The van der Waals surface area contributed by atoms with Crippen molar-refractivity contribution in [2.24, 2.45) is 0 Å². The molecule has 1 aliphatic carbocycles. The van der Waals surface area contributed by atoms with Gasteiger partial charge < -0.3 is 5.32 Å². The number of amides is 2. The summed E-state index contributed by atoms with van der Waals surface area (Å²) in [5.74, 6) is 0.553. The van der Waals surface area contributed by atoms with Gasteiger partial charge in [-0.15, -0.1) is 5.10 Å². The maximum atomic E-state index is 12.2. The Morgan fingerprint density at radius 3 is 2.53 bits per heavy atom. The van der Waals surface area contributed by atoms with Crippen molar-refractivity contribution >= 4 is 11.8 Å². The number of rotatable bonds is 3. The second-order valence-electron chi connectivity index (χ2n) is 4.48. The quantitative estimate of drug-likeness (QED) is 0.889. The minimum Gasteiger partial charge on any atom is -0.326 e. The smallest absolute Gasteiger partial charge is 0.326 e. The zero-order chi connectivity index (χ0) is 14.0. The van der Waals surface area contributed by atoms with Gasteiger partial charge in [-0.2, -0.15) is 18.3 Å². The number of carbonyl (C=O) groups is 1. The lowest BCUT2D eigenvalue weighted by atomic mass is 10.3. The molecule has 1 aliphatic rings. The van der Waals surface area contributed by atoms with Crippen LogP contribution in [0, 0.1) is 0 Å². The second-order valence-corrected chi connectivity index (χ2v) is 4.48. The van der Waals surface area contributed by atoms with Crippen molar-refractivity contribution in [2.45, 2.75) is 37.9 Å². The van der Waals surface area contributed by atoms with Crippen LogP contribution in [0.3, 0.4) is 0 Å². The summed E-state index contributed by atoms with van der Waals surface area (Å²) in [4.78, 5) is 11.3. The summed E-state index contributed by atoms with van der Waals surface area (Å²) < 4.78 is 36.7. The van der Waals surface area contributed by atoms with Crippen LogP contribution < -0.4 is 10.6 Å².